The summed E-state index contributed by atoms with van der Waals surface area (Å²) in [5, 5.41) is 0. The van der Waals surface area contributed by atoms with Gasteiger partial charge < -0.3 is 4.90 Å². The van der Waals surface area contributed by atoms with E-state index in [4.69, 9.17) is 0 Å². The Morgan fingerprint density at radius 2 is 1.69 bits per heavy atom. The monoisotopic (exact) mass is 440 g/mol. The molecule has 1 heterocycles. The van der Waals surface area contributed by atoms with Crippen LogP contribution in [0.25, 0.3) is 0 Å². The molecule has 0 radical (unpaired) electrons. The van der Waals surface area contributed by atoms with E-state index in [-0.39, 0.29) is 32.1 Å². The number of nitrogens with zero attached hydrogens (tertiary/aromatic N) is 2. The zero-order valence-electron chi connectivity index (χ0n) is 16.0. The quantitative estimate of drug-likeness (QED) is 0.693. The zero-order valence-corrected chi connectivity index (χ0v) is 17.6. The van der Waals surface area contributed by atoms with E-state index in [1.54, 1.807) is 4.90 Å². The van der Waals surface area contributed by atoms with Crippen LogP contribution in [-0.2, 0) is 20.6 Å². The van der Waals surface area contributed by atoms with Crippen LogP contribution < -0.4 is 0 Å². The highest BCUT2D eigenvalue weighted by atomic mass is 32.2. The van der Waals surface area contributed by atoms with Gasteiger partial charge in [-0.05, 0) is 24.6 Å². The van der Waals surface area contributed by atoms with Crippen LogP contribution in [0.15, 0.2) is 47.4 Å². The fourth-order valence-corrected chi connectivity index (χ4v) is 5.39. The normalized spacial score (nSPS) is 15.5. The van der Waals surface area contributed by atoms with E-state index < -0.39 is 26.6 Å². The SMILES string of the molecule is Cc1ccc(CSCC(=O)N2CCN(S(=O)(=O)c3ccc(F)cc3F)CC2)cc1. The molecule has 0 saturated carbocycles. The van der Waals surface area contributed by atoms with Gasteiger partial charge in [-0.3, -0.25) is 4.79 Å². The molecule has 29 heavy (non-hydrogen) atoms. The first-order valence-corrected chi connectivity index (χ1v) is 11.7. The number of carbonyl (C=O) groups excluding carboxylic acids is 1. The molecule has 2 aromatic rings. The van der Waals surface area contributed by atoms with Gasteiger partial charge in [0, 0.05) is 38.0 Å². The van der Waals surface area contributed by atoms with Gasteiger partial charge >= 0.3 is 0 Å². The first-order valence-electron chi connectivity index (χ1n) is 9.13. The highest BCUT2D eigenvalue weighted by molar-refractivity contribution is 7.99. The molecule has 0 spiro atoms. The van der Waals surface area contributed by atoms with E-state index in [2.05, 4.69) is 0 Å². The number of piperazine rings is 1. The van der Waals surface area contributed by atoms with Crippen molar-refractivity contribution in [1.29, 1.82) is 0 Å². The highest BCUT2D eigenvalue weighted by Gasteiger charge is 2.31. The average Bonchev–Trinajstić information content (AvgIpc) is 2.69. The average molecular weight is 441 g/mol. The maximum Gasteiger partial charge on any atom is 0.246 e. The summed E-state index contributed by atoms with van der Waals surface area (Å²) in [6, 6.07) is 10.5. The third-order valence-electron chi connectivity index (χ3n) is 4.72. The summed E-state index contributed by atoms with van der Waals surface area (Å²) in [4.78, 5) is 13.5. The fourth-order valence-electron chi connectivity index (χ4n) is 3.03. The van der Waals surface area contributed by atoms with E-state index in [1.165, 1.54) is 17.3 Å². The minimum absolute atomic E-state index is 0.0490. The summed E-state index contributed by atoms with van der Waals surface area (Å²) >= 11 is 1.51. The molecule has 9 heteroatoms. The molecule has 1 aliphatic heterocycles. The number of halogens is 2. The fraction of sp³-hybridized carbons (Fsp3) is 0.350. The maximum atomic E-state index is 13.9. The van der Waals surface area contributed by atoms with Crippen LogP contribution in [-0.4, -0.2) is 55.5 Å². The molecule has 3 rings (SSSR count). The molecule has 0 N–H and O–H groups in total. The Hall–Kier alpha value is -1.97. The van der Waals surface area contributed by atoms with Gasteiger partial charge in [0.2, 0.25) is 15.9 Å². The summed E-state index contributed by atoms with van der Waals surface area (Å²) in [6.07, 6.45) is 0. The Balaban J connectivity index is 1.51. The summed E-state index contributed by atoms with van der Waals surface area (Å²) in [6.45, 7) is 2.66. The largest absolute Gasteiger partial charge is 0.339 e. The molecule has 1 fully saturated rings. The second-order valence-corrected chi connectivity index (χ2v) is 9.73. The molecule has 0 unspecified atom stereocenters. The lowest BCUT2D eigenvalue weighted by molar-refractivity contribution is -0.129. The first kappa shape index (κ1) is 21.7. The molecule has 0 bridgehead atoms. The van der Waals surface area contributed by atoms with Crippen LogP contribution in [0.1, 0.15) is 11.1 Å². The molecule has 2 aromatic carbocycles. The van der Waals surface area contributed by atoms with Gasteiger partial charge in [0.25, 0.3) is 0 Å². The Kier molecular flexibility index (Phi) is 6.92. The Bertz CT molecular complexity index is 974. The number of hydrogen-bond acceptors (Lipinski definition) is 4. The van der Waals surface area contributed by atoms with Gasteiger partial charge in [0.05, 0.1) is 5.75 Å². The molecule has 0 aliphatic carbocycles. The highest BCUT2D eigenvalue weighted by Crippen LogP contribution is 2.22. The third kappa shape index (κ3) is 5.34. The summed E-state index contributed by atoms with van der Waals surface area (Å²) in [5.74, 6) is -0.958. The second-order valence-electron chi connectivity index (χ2n) is 6.84. The third-order valence-corrected chi connectivity index (χ3v) is 7.64. The molecular formula is C20H22F2N2O3S2. The number of rotatable bonds is 6. The van der Waals surface area contributed by atoms with Crippen molar-refractivity contribution in [2.45, 2.75) is 17.6 Å². The molecule has 1 aliphatic rings. The van der Waals surface area contributed by atoms with Gasteiger partial charge in [-0.1, -0.05) is 29.8 Å². The summed E-state index contributed by atoms with van der Waals surface area (Å²) < 4.78 is 53.3. The van der Waals surface area contributed by atoms with Gasteiger partial charge in [-0.25, -0.2) is 17.2 Å². The molecular weight excluding hydrogens is 418 g/mol. The molecule has 0 atom stereocenters. The van der Waals surface area contributed by atoms with Crippen molar-refractivity contribution in [3.63, 3.8) is 0 Å². The number of carbonyl (C=O) groups is 1. The van der Waals surface area contributed by atoms with Crippen LogP contribution in [0, 0.1) is 18.6 Å². The lowest BCUT2D eigenvalue weighted by atomic mass is 10.2. The lowest BCUT2D eigenvalue weighted by Gasteiger charge is -2.34. The van der Waals surface area contributed by atoms with E-state index in [9.17, 15) is 22.0 Å². The van der Waals surface area contributed by atoms with Crippen molar-refractivity contribution < 1.29 is 22.0 Å². The zero-order chi connectivity index (χ0) is 21.0. The predicted octanol–water partition coefficient (Wildman–Crippen LogP) is 3.04. The molecule has 1 saturated heterocycles. The van der Waals surface area contributed by atoms with Crippen molar-refractivity contribution in [1.82, 2.24) is 9.21 Å². The minimum atomic E-state index is -4.07. The Morgan fingerprint density at radius 3 is 2.31 bits per heavy atom. The number of benzene rings is 2. The topological polar surface area (TPSA) is 57.7 Å². The van der Waals surface area contributed by atoms with Crippen molar-refractivity contribution in [3.05, 3.63) is 65.2 Å². The smallest absolute Gasteiger partial charge is 0.246 e. The van der Waals surface area contributed by atoms with Crippen LogP contribution in [0.3, 0.4) is 0 Å². The van der Waals surface area contributed by atoms with Crippen molar-refractivity contribution in [2.24, 2.45) is 0 Å². The number of sulfonamides is 1. The second kappa shape index (κ2) is 9.23. The van der Waals surface area contributed by atoms with Crippen molar-refractivity contribution in [2.75, 3.05) is 31.9 Å². The first-order chi connectivity index (χ1) is 13.8. The van der Waals surface area contributed by atoms with Gasteiger partial charge in [0.15, 0.2) is 0 Å². The van der Waals surface area contributed by atoms with E-state index >= 15 is 0 Å². The van der Waals surface area contributed by atoms with Crippen molar-refractivity contribution >= 4 is 27.7 Å². The van der Waals surface area contributed by atoms with E-state index in [0.717, 1.165) is 27.8 Å². The summed E-state index contributed by atoms with van der Waals surface area (Å²) in [7, 11) is -4.07. The predicted molar refractivity (Wildman–Crippen MR) is 109 cm³/mol. The Labute approximate surface area is 173 Å². The minimum Gasteiger partial charge on any atom is -0.339 e. The number of thioether (sulfide) groups is 1. The van der Waals surface area contributed by atoms with E-state index in [1.807, 2.05) is 31.2 Å². The van der Waals surface area contributed by atoms with Crippen LogP contribution in [0.2, 0.25) is 0 Å². The lowest BCUT2D eigenvalue weighted by Crippen LogP contribution is -2.51. The molecule has 156 valence electrons. The molecule has 1 amide bonds. The van der Waals surface area contributed by atoms with E-state index in [0.29, 0.717) is 11.8 Å². The Morgan fingerprint density at radius 1 is 1.03 bits per heavy atom. The number of hydrogen-bond donors (Lipinski definition) is 0. The maximum absolute atomic E-state index is 13.9. The van der Waals surface area contributed by atoms with Gasteiger partial charge in [0.1, 0.15) is 16.5 Å². The summed E-state index contributed by atoms with van der Waals surface area (Å²) in [5.41, 5.74) is 2.33. The van der Waals surface area contributed by atoms with Crippen molar-refractivity contribution in [3.8, 4) is 0 Å². The molecule has 5 nitrogen and oxygen atoms in total. The van der Waals surface area contributed by atoms with Gasteiger partial charge in [-0.2, -0.15) is 4.31 Å². The molecule has 0 aromatic heterocycles. The van der Waals surface area contributed by atoms with Crippen LogP contribution in [0.4, 0.5) is 8.78 Å². The number of amides is 1. The standard InChI is InChI=1S/C20H22F2N2O3S2/c1-15-2-4-16(5-3-15)13-28-14-20(25)23-8-10-24(11-9-23)29(26,27)19-7-6-17(21)12-18(19)22/h2-7,12H,8-11,13-14H2,1H3. The van der Waals surface area contributed by atoms with Crippen LogP contribution >= 0.6 is 11.8 Å². The van der Waals surface area contributed by atoms with Gasteiger partial charge in [-0.15, -0.1) is 11.8 Å². The number of aryl methyl sites for hydroxylation is 1. The van der Waals surface area contributed by atoms with Crippen LogP contribution in [0.5, 0.6) is 0 Å².